The molecule has 0 bridgehead atoms. The molecular formula is C17H26O5. The Bertz CT molecular complexity index is 547. The van der Waals surface area contributed by atoms with Crippen molar-refractivity contribution in [2.75, 3.05) is 7.11 Å². The predicted octanol–water partition coefficient (Wildman–Crippen LogP) is 1.57. The number of Topliss-reactive ketones (excluding diaryl/α,β-unsaturated/α-hetero) is 1. The van der Waals surface area contributed by atoms with Crippen molar-refractivity contribution in [1.29, 1.82) is 0 Å². The monoisotopic (exact) mass is 310 g/mol. The van der Waals surface area contributed by atoms with Crippen molar-refractivity contribution < 1.29 is 24.5 Å². The fourth-order valence-electron chi connectivity index (χ4n) is 4.24. The van der Waals surface area contributed by atoms with Gasteiger partial charge in [-0.05, 0) is 34.1 Å². The summed E-state index contributed by atoms with van der Waals surface area (Å²) >= 11 is 0. The fraction of sp³-hybridized carbons (Fsp3) is 0.824. The summed E-state index contributed by atoms with van der Waals surface area (Å²) in [5.41, 5.74) is -1.16. The Morgan fingerprint density at radius 1 is 1.32 bits per heavy atom. The largest absolute Gasteiger partial charge is 0.491 e. The molecule has 5 nitrogen and oxygen atoms in total. The molecule has 1 heterocycles. The first-order chi connectivity index (χ1) is 10.0. The van der Waals surface area contributed by atoms with Gasteiger partial charge in [-0.25, -0.2) is 0 Å². The number of ketones is 1. The summed E-state index contributed by atoms with van der Waals surface area (Å²) in [7, 11) is 1.64. The smallest absolute Gasteiger partial charge is 0.166 e. The highest BCUT2D eigenvalue weighted by atomic mass is 16.5. The highest BCUT2D eigenvalue weighted by molar-refractivity contribution is 5.98. The average molecular weight is 310 g/mol. The van der Waals surface area contributed by atoms with Crippen LogP contribution in [0.15, 0.2) is 11.3 Å². The molecule has 1 aliphatic heterocycles. The van der Waals surface area contributed by atoms with E-state index in [1.807, 2.05) is 27.7 Å². The van der Waals surface area contributed by atoms with Gasteiger partial charge in [0.1, 0.15) is 11.4 Å². The number of rotatable bonds is 2. The molecule has 3 aliphatic rings. The van der Waals surface area contributed by atoms with Crippen LogP contribution >= 0.6 is 0 Å². The van der Waals surface area contributed by atoms with E-state index < -0.39 is 28.8 Å². The normalized spacial score (nSPS) is 40.5. The summed E-state index contributed by atoms with van der Waals surface area (Å²) in [6, 6.07) is 0. The maximum atomic E-state index is 12.5. The van der Waals surface area contributed by atoms with Crippen molar-refractivity contribution in [3.8, 4) is 0 Å². The molecule has 0 radical (unpaired) electrons. The summed E-state index contributed by atoms with van der Waals surface area (Å²) in [4.78, 5) is 12.5. The lowest BCUT2D eigenvalue weighted by atomic mass is 9.73. The zero-order chi connectivity index (χ0) is 16.5. The fourth-order valence-corrected chi connectivity index (χ4v) is 4.24. The molecular weight excluding hydrogens is 284 g/mol. The molecule has 5 heteroatoms. The molecule has 0 aromatic carbocycles. The summed E-state index contributed by atoms with van der Waals surface area (Å²) < 4.78 is 11.7. The van der Waals surface area contributed by atoms with Crippen molar-refractivity contribution in [1.82, 2.24) is 0 Å². The third-order valence-corrected chi connectivity index (χ3v) is 5.67. The van der Waals surface area contributed by atoms with Crippen LogP contribution < -0.4 is 0 Å². The first kappa shape index (κ1) is 16.0. The standard InChI is InChI=1S/C17H26O5/c1-15(2)7-11(19)9-6-10(18)13(20)17(14(9)22-15)8-12(17)16(3,4)21-5/h10,12-13,18,20H,6-8H2,1-5H3/t10-,12-,13-,17+/m0/s1. The van der Waals surface area contributed by atoms with Gasteiger partial charge in [-0.15, -0.1) is 0 Å². The minimum absolute atomic E-state index is 0.0154. The van der Waals surface area contributed by atoms with Gasteiger partial charge in [-0.3, -0.25) is 4.79 Å². The Labute approximate surface area is 131 Å². The highest BCUT2D eigenvalue weighted by Gasteiger charge is 2.71. The molecule has 2 aliphatic carbocycles. The minimum Gasteiger partial charge on any atom is -0.491 e. The summed E-state index contributed by atoms with van der Waals surface area (Å²) in [6.07, 6.45) is -0.706. The predicted molar refractivity (Wildman–Crippen MR) is 80.1 cm³/mol. The molecule has 0 amide bonds. The minimum atomic E-state index is -0.926. The topological polar surface area (TPSA) is 76.0 Å². The number of fused-ring (bicyclic) bond motifs is 1. The van der Waals surface area contributed by atoms with Crippen molar-refractivity contribution in [2.24, 2.45) is 11.3 Å². The second-order valence-electron chi connectivity index (χ2n) is 8.09. The summed E-state index contributed by atoms with van der Waals surface area (Å²) in [5.74, 6) is 0.640. The van der Waals surface area contributed by atoms with E-state index in [-0.39, 0.29) is 18.1 Å². The van der Waals surface area contributed by atoms with Gasteiger partial charge in [0.05, 0.1) is 29.6 Å². The van der Waals surface area contributed by atoms with Crippen molar-refractivity contribution >= 4 is 5.78 Å². The van der Waals surface area contributed by atoms with E-state index >= 15 is 0 Å². The number of aliphatic hydroxyl groups is 2. The third kappa shape index (κ3) is 2.06. The maximum Gasteiger partial charge on any atom is 0.166 e. The van der Waals surface area contributed by atoms with E-state index in [2.05, 4.69) is 0 Å². The van der Waals surface area contributed by atoms with Crippen molar-refractivity contribution in [3.63, 3.8) is 0 Å². The quantitative estimate of drug-likeness (QED) is 0.809. The SMILES string of the molecule is COC(C)(C)[C@@H]1C[C@@]12C1=C(C[C@H](O)[C@@H]2O)C(=O)CC(C)(C)O1. The molecule has 0 unspecified atom stereocenters. The lowest BCUT2D eigenvalue weighted by molar-refractivity contribution is -0.134. The van der Waals surface area contributed by atoms with Crippen LogP contribution in [-0.4, -0.2) is 46.5 Å². The van der Waals surface area contributed by atoms with Gasteiger partial charge in [0.2, 0.25) is 0 Å². The Hall–Kier alpha value is -0.910. The van der Waals surface area contributed by atoms with Gasteiger partial charge < -0.3 is 19.7 Å². The Balaban J connectivity index is 2.08. The lowest BCUT2D eigenvalue weighted by Crippen LogP contribution is -2.49. The molecule has 0 aromatic heterocycles. The van der Waals surface area contributed by atoms with Gasteiger partial charge in [0.15, 0.2) is 5.78 Å². The molecule has 22 heavy (non-hydrogen) atoms. The molecule has 2 N–H and O–H groups in total. The molecule has 124 valence electrons. The number of hydrogen-bond donors (Lipinski definition) is 2. The van der Waals surface area contributed by atoms with E-state index in [1.165, 1.54) is 0 Å². The van der Waals surface area contributed by atoms with E-state index in [4.69, 9.17) is 9.47 Å². The molecule has 4 atom stereocenters. The van der Waals surface area contributed by atoms with E-state index in [0.717, 1.165) is 0 Å². The summed E-state index contributed by atoms with van der Waals surface area (Å²) in [5, 5.41) is 20.9. The van der Waals surface area contributed by atoms with E-state index in [1.54, 1.807) is 7.11 Å². The second kappa shape index (κ2) is 4.56. The molecule has 0 aromatic rings. The molecule has 1 spiro atoms. The second-order valence-corrected chi connectivity index (χ2v) is 8.09. The van der Waals surface area contributed by atoms with Crippen molar-refractivity contribution in [2.45, 2.75) is 70.4 Å². The van der Waals surface area contributed by atoms with Gasteiger partial charge >= 0.3 is 0 Å². The van der Waals surface area contributed by atoms with Crippen LogP contribution in [0.4, 0.5) is 0 Å². The molecule has 1 saturated carbocycles. The van der Waals surface area contributed by atoms with Gasteiger partial charge in [0.25, 0.3) is 0 Å². The van der Waals surface area contributed by atoms with Gasteiger partial charge in [0, 0.05) is 25.0 Å². The number of methoxy groups -OCH3 is 1. The number of aliphatic hydroxyl groups excluding tert-OH is 2. The zero-order valence-corrected chi connectivity index (χ0v) is 14.0. The van der Waals surface area contributed by atoms with Crippen LogP contribution in [0.25, 0.3) is 0 Å². The average Bonchev–Trinajstić information content (AvgIpc) is 3.15. The number of carbonyl (C=O) groups excluding carboxylic acids is 1. The van der Waals surface area contributed by atoms with Crippen LogP contribution in [-0.2, 0) is 14.3 Å². The number of carbonyl (C=O) groups is 1. The molecule has 0 saturated heterocycles. The number of ether oxygens (including phenoxy) is 2. The Morgan fingerprint density at radius 3 is 2.55 bits per heavy atom. The highest BCUT2D eigenvalue weighted by Crippen LogP contribution is 2.69. The van der Waals surface area contributed by atoms with E-state index in [0.29, 0.717) is 24.2 Å². The Kier molecular flexibility index (Phi) is 3.31. The first-order valence-corrected chi connectivity index (χ1v) is 7.92. The molecule has 1 fully saturated rings. The lowest BCUT2D eigenvalue weighted by Gasteiger charge is -2.44. The van der Waals surface area contributed by atoms with Crippen LogP contribution in [0.1, 0.15) is 47.0 Å². The van der Waals surface area contributed by atoms with Crippen LogP contribution in [0, 0.1) is 11.3 Å². The number of hydrogen-bond acceptors (Lipinski definition) is 5. The summed E-state index contributed by atoms with van der Waals surface area (Å²) in [6.45, 7) is 7.71. The van der Waals surface area contributed by atoms with E-state index in [9.17, 15) is 15.0 Å². The third-order valence-electron chi connectivity index (χ3n) is 5.67. The maximum absolute atomic E-state index is 12.5. The zero-order valence-electron chi connectivity index (χ0n) is 14.0. The van der Waals surface area contributed by atoms with Crippen LogP contribution in [0.5, 0.6) is 0 Å². The van der Waals surface area contributed by atoms with Crippen LogP contribution in [0.2, 0.25) is 0 Å². The Morgan fingerprint density at radius 2 is 1.95 bits per heavy atom. The van der Waals surface area contributed by atoms with Gasteiger partial charge in [-0.1, -0.05) is 0 Å². The first-order valence-electron chi connectivity index (χ1n) is 7.92. The molecule has 3 rings (SSSR count). The van der Waals surface area contributed by atoms with Gasteiger partial charge in [-0.2, -0.15) is 0 Å². The van der Waals surface area contributed by atoms with Crippen LogP contribution in [0.3, 0.4) is 0 Å². The van der Waals surface area contributed by atoms with Crippen molar-refractivity contribution in [3.05, 3.63) is 11.3 Å².